The fourth-order valence-electron chi connectivity index (χ4n) is 2.84. The number of carbonyl (C=O) groups is 2. The Bertz CT molecular complexity index is 323. The van der Waals surface area contributed by atoms with E-state index in [1.54, 1.807) is 0 Å². The molecule has 19 heavy (non-hydrogen) atoms. The molecule has 1 aliphatic heterocycles. The lowest BCUT2D eigenvalue weighted by molar-refractivity contribution is -0.138. The van der Waals surface area contributed by atoms with E-state index in [2.05, 4.69) is 5.32 Å². The Morgan fingerprint density at radius 3 is 2.53 bits per heavy atom. The second-order valence-corrected chi connectivity index (χ2v) is 5.32. The number of nitrogens with one attached hydrogen (secondary N) is 1. The van der Waals surface area contributed by atoms with Crippen LogP contribution in [-0.2, 0) is 9.53 Å². The SMILES string of the molecule is O=C(O)CN(C(=O)NC1CCCOC1)C1CCCC1. The molecule has 2 N–H and O–H groups in total. The monoisotopic (exact) mass is 270 g/mol. The van der Waals surface area contributed by atoms with Gasteiger partial charge in [-0.25, -0.2) is 4.79 Å². The predicted octanol–water partition coefficient (Wildman–Crippen LogP) is 1.20. The lowest BCUT2D eigenvalue weighted by Gasteiger charge is -2.31. The molecule has 2 rings (SSSR count). The summed E-state index contributed by atoms with van der Waals surface area (Å²) in [5.41, 5.74) is 0. The molecule has 108 valence electrons. The molecule has 1 heterocycles. The lowest BCUT2D eigenvalue weighted by atomic mass is 10.1. The van der Waals surface area contributed by atoms with Crippen molar-refractivity contribution in [3.63, 3.8) is 0 Å². The lowest BCUT2D eigenvalue weighted by Crippen LogP contribution is -2.52. The normalized spacial score (nSPS) is 24.1. The molecule has 1 unspecified atom stereocenters. The average Bonchev–Trinajstić information content (AvgIpc) is 2.90. The number of urea groups is 1. The number of aliphatic carboxylic acids is 1. The minimum atomic E-state index is -0.957. The third-order valence-corrected chi connectivity index (χ3v) is 3.82. The van der Waals surface area contributed by atoms with Crippen LogP contribution >= 0.6 is 0 Å². The van der Waals surface area contributed by atoms with Gasteiger partial charge < -0.3 is 20.1 Å². The summed E-state index contributed by atoms with van der Waals surface area (Å²) in [6, 6.07) is -0.177. The number of hydrogen-bond acceptors (Lipinski definition) is 3. The molecular weight excluding hydrogens is 248 g/mol. The molecule has 0 spiro atoms. The van der Waals surface area contributed by atoms with E-state index in [-0.39, 0.29) is 24.7 Å². The number of rotatable bonds is 4. The largest absolute Gasteiger partial charge is 0.480 e. The minimum absolute atomic E-state index is 0.0129. The number of carbonyl (C=O) groups excluding carboxylic acids is 1. The maximum Gasteiger partial charge on any atom is 0.323 e. The van der Waals surface area contributed by atoms with Gasteiger partial charge in [-0.2, -0.15) is 0 Å². The van der Waals surface area contributed by atoms with Gasteiger partial charge in [0.1, 0.15) is 6.54 Å². The molecule has 2 aliphatic rings. The predicted molar refractivity (Wildman–Crippen MR) is 69.0 cm³/mol. The van der Waals surface area contributed by atoms with E-state index < -0.39 is 5.97 Å². The molecule has 1 saturated carbocycles. The molecule has 6 heteroatoms. The van der Waals surface area contributed by atoms with Gasteiger partial charge in [0.05, 0.1) is 12.6 Å². The number of amides is 2. The van der Waals surface area contributed by atoms with Crippen LogP contribution in [-0.4, -0.2) is 53.8 Å². The molecule has 0 aromatic carbocycles. The first-order valence-electron chi connectivity index (χ1n) is 7.03. The molecule has 1 atom stereocenters. The summed E-state index contributed by atoms with van der Waals surface area (Å²) < 4.78 is 5.32. The number of ether oxygens (including phenoxy) is 1. The maximum absolute atomic E-state index is 12.2. The average molecular weight is 270 g/mol. The van der Waals surface area contributed by atoms with E-state index in [4.69, 9.17) is 9.84 Å². The Morgan fingerprint density at radius 2 is 1.95 bits per heavy atom. The maximum atomic E-state index is 12.2. The van der Waals surface area contributed by atoms with Crippen molar-refractivity contribution >= 4 is 12.0 Å². The first-order chi connectivity index (χ1) is 9.16. The molecule has 0 bridgehead atoms. The summed E-state index contributed by atoms with van der Waals surface area (Å²) in [6.45, 7) is 1.05. The summed E-state index contributed by atoms with van der Waals surface area (Å²) in [5.74, 6) is -0.957. The van der Waals surface area contributed by atoms with Gasteiger partial charge in [-0.3, -0.25) is 4.79 Å². The fourth-order valence-corrected chi connectivity index (χ4v) is 2.84. The Labute approximate surface area is 113 Å². The van der Waals surface area contributed by atoms with E-state index in [0.717, 1.165) is 45.1 Å². The number of hydrogen-bond donors (Lipinski definition) is 2. The second kappa shape index (κ2) is 6.75. The first kappa shape index (κ1) is 14.1. The van der Waals surface area contributed by atoms with Crippen molar-refractivity contribution in [2.45, 2.75) is 50.6 Å². The van der Waals surface area contributed by atoms with Crippen molar-refractivity contribution in [3.05, 3.63) is 0 Å². The molecule has 2 amide bonds. The Balaban J connectivity index is 1.91. The van der Waals surface area contributed by atoms with E-state index in [0.29, 0.717) is 6.61 Å². The Hall–Kier alpha value is -1.30. The zero-order chi connectivity index (χ0) is 13.7. The van der Waals surface area contributed by atoms with Crippen LogP contribution in [0.2, 0.25) is 0 Å². The Morgan fingerprint density at radius 1 is 1.21 bits per heavy atom. The molecule has 0 radical (unpaired) electrons. The molecule has 0 aromatic heterocycles. The molecule has 1 saturated heterocycles. The second-order valence-electron chi connectivity index (χ2n) is 5.32. The number of nitrogens with zero attached hydrogens (tertiary/aromatic N) is 1. The number of carboxylic acid groups (broad SMARTS) is 1. The van der Waals surface area contributed by atoms with Crippen molar-refractivity contribution in [1.82, 2.24) is 10.2 Å². The molecular formula is C13H22N2O4. The van der Waals surface area contributed by atoms with Crippen LogP contribution in [0.4, 0.5) is 4.79 Å². The van der Waals surface area contributed by atoms with Crippen LogP contribution in [0, 0.1) is 0 Å². The van der Waals surface area contributed by atoms with Gasteiger partial charge in [0, 0.05) is 12.6 Å². The standard InChI is InChI=1S/C13H22N2O4/c16-12(17)8-15(11-5-1-2-6-11)13(18)14-10-4-3-7-19-9-10/h10-11H,1-9H2,(H,14,18)(H,16,17). The summed E-state index contributed by atoms with van der Waals surface area (Å²) in [6.07, 6.45) is 5.79. The van der Waals surface area contributed by atoms with Crippen molar-refractivity contribution in [2.24, 2.45) is 0 Å². The van der Waals surface area contributed by atoms with Crippen LogP contribution in [0.3, 0.4) is 0 Å². The minimum Gasteiger partial charge on any atom is -0.480 e. The van der Waals surface area contributed by atoms with Gasteiger partial charge in [-0.15, -0.1) is 0 Å². The van der Waals surface area contributed by atoms with Gasteiger partial charge >= 0.3 is 12.0 Å². The van der Waals surface area contributed by atoms with Crippen LogP contribution in [0.15, 0.2) is 0 Å². The van der Waals surface area contributed by atoms with Crippen molar-refractivity contribution in [2.75, 3.05) is 19.8 Å². The zero-order valence-corrected chi connectivity index (χ0v) is 11.1. The first-order valence-corrected chi connectivity index (χ1v) is 7.03. The number of carboxylic acids is 1. The van der Waals surface area contributed by atoms with Crippen LogP contribution < -0.4 is 5.32 Å². The fraction of sp³-hybridized carbons (Fsp3) is 0.846. The zero-order valence-electron chi connectivity index (χ0n) is 11.1. The summed E-state index contributed by atoms with van der Waals surface area (Å²) in [5, 5.41) is 11.9. The van der Waals surface area contributed by atoms with Crippen LogP contribution in [0.5, 0.6) is 0 Å². The highest BCUT2D eigenvalue weighted by Gasteiger charge is 2.29. The van der Waals surface area contributed by atoms with E-state index in [9.17, 15) is 9.59 Å². The molecule has 6 nitrogen and oxygen atoms in total. The summed E-state index contributed by atoms with van der Waals surface area (Å²) in [7, 11) is 0. The quantitative estimate of drug-likeness (QED) is 0.804. The third kappa shape index (κ3) is 4.09. The van der Waals surface area contributed by atoms with Gasteiger partial charge in [0.15, 0.2) is 0 Å². The van der Waals surface area contributed by atoms with Crippen molar-refractivity contribution < 1.29 is 19.4 Å². The van der Waals surface area contributed by atoms with E-state index in [1.807, 2.05) is 0 Å². The van der Waals surface area contributed by atoms with Crippen molar-refractivity contribution in [1.29, 1.82) is 0 Å². The Kier molecular flexibility index (Phi) is 5.01. The van der Waals surface area contributed by atoms with Crippen LogP contribution in [0.25, 0.3) is 0 Å². The van der Waals surface area contributed by atoms with Gasteiger partial charge in [0.2, 0.25) is 0 Å². The van der Waals surface area contributed by atoms with Gasteiger partial charge in [-0.05, 0) is 25.7 Å². The van der Waals surface area contributed by atoms with E-state index in [1.165, 1.54) is 4.90 Å². The molecule has 1 aliphatic carbocycles. The smallest absolute Gasteiger partial charge is 0.323 e. The molecule has 2 fully saturated rings. The summed E-state index contributed by atoms with van der Waals surface area (Å²) in [4.78, 5) is 24.6. The highest BCUT2D eigenvalue weighted by atomic mass is 16.5. The highest BCUT2D eigenvalue weighted by molar-refractivity contribution is 5.80. The van der Waals surface area contributed by atoms with Crippen molar-refractivity contribution in [3.8, 4) is 0 Å². The van der Waals surface area contributed by atoms with Crippen LogP contribution in [0.1, 0.15) is 38.5 Å². The molecule has 0 aromatic rings. The van der Waals surface area contributed by atoms with E-state index >= 15 is 0 Å². The topological polar surface area (TPSA) is 78.9 Å². The third-order valence-electron chi connectivity index (χ3n) is 3.82. The van der Waals surface area contributed by atoms with Gasteiger partial charge in [0.25, 0.3) is 0 Å². The highest BCUT2D eigenvalue weighted by Crippen LogP contribution is 2.23. The summed E-state index contributed by atoms with van der Waals surface area (Å²) >= 11 is 0. The van der Waals surface area contributed by atoms with Gasteiger partial charge in [-0.1, -0.05) is 12.8 Å².